The zero-order valence-corrected chi connectivity index (χ0v) is 14.7. The molecule has 0 N–H and O–H groups in total. The Morgan fingerprint density at radius 3 is 2.62 bits per heavy atom. The van der Waals surface area contributed by atoms with Gasteiger partial charge in [0.05, 0.1) is 7.11 Å². The summed E-state index contributed by atoms with van der Waals surface area (Å²) in [7, 11) is 1.64. The van der Waals surface area contributed by atoms with Crippen molar-refractivity contribution in [2.75, 3.05) is 7.11 Å². The van der Waals surface area contributed by atoms with E-state index in [1.54, 1.807) is 7.11 Å². The molecule has 6 heteroatoms. The van der Waals surface area contributed by atoms with Gasteiger partial charge in [-0.3, -0.25) is 0 Å². The molecule has 132 valence electrons. The number of nitrogens with zero attached hydrogens (tertiary/aromatic N) is 2. The zero-order chi connectivity index (χ0) is 18.1. The summed E-state index contributed by atoms with van der Waals surface area (Å²) < 4.78 is 22.4. The van der Waals surface area contributed by atoms with Crippen molar-refractivity contribution in [3.05, 3.63) is 60.0 Å². The van der Waals surface area contributed by atoms with E-state index in [9.17, 15) is 0 Å². The van der Waals surface area contributed by atoms with Gasteiger partial charge in [-0.15, -0.1) is 0 Å². The Morgan fingerprint density at radius 2 is 1.85 bits per heavy atom. The first-order chi connectivity index (χ1) is 12.7. The van der Waals surface area contributed by atoms with Crippen LogP contribution in [0.5, 0.6) is 11.5 Å². The van der Waals surface area contributed by atoms with Crippen LogP contribution in [0.2, 0.25) is 0 Å². The third-order valence-electron chi connectivity index (χ3n) is 4.19. The number of ether oxygens (including phenoxy) is 2. The minimum Gasteiger partial charge on any atom is -0.497 e. The molecule has 0 saturated heterocycles. The topological polar surface area (TPSA) is 70.5 Å². The van der Waals surface area contributed by atoms with Crippen LogP contribution in [0.25, 0.3) is 22.6 Å². The quantitative estimate of drug-likeness (QED) is 0.508. The number of aryl methyl sites for hydroxylation is 1. The molecular weight excluding hydrogens is 332 g/mol. The van der Waals surface area contributed by atoms with Crippen molar-refractivity contribution in [1.29, 1.82) is 0 Å². The van der Waals surface area contributed by atoms with Gasteiger partial charge in [0.2, 0.25) is 5.82 Å². The maximum atomic E-state index is 5.91. The normalized spacial score (nSPS) is 12.3. The Morgan fingerprint density at radius 1 is 1.04 bits per heavy atom. The molecule has 0 aliphatic carbocycles. The summed E-state index contributed by atoms with van der Waals surface area (Å²) in [5, 5.41) is 5.01. The summed E-state index contributed by atoms with van der Waals surface area (Å²) in [6.07, 6.45) is -0.372. The summed E-state index contributed by atoms with van der Waals surface area (Å²) in [4.78, 5) is 4.45. The van der Waals surface area contributed by atoms with Crippen molar-refractivity contribution in [2.24, 2.45) is 0 Å². The minimum absolute atomic E-state index is 0.372. The summed E-state index contributed by atoms with van der Waals surface area (Å²) in [6.45, 7) is 3.82. The number of furan rings is 1. The fourth-order valence-corrected chi connectivity index (χ4v) is 2.79. The van der Waals surface area contributed by atoms with Crippen LogP contribution in [0.4, 0.5) is 0 Å². The second-order valence-electron chi connectivity index (χ2n) is 5.95. The first kappa shape index (κ1) is 16.2. The molecule has 0 aliphatic heterocycles. The Kier molecular flexibility index (Phi) is 4.08. The molecule has 0 aliphatic rings. The van der Waals surface area contributed by atoms with Gasteiger partial charge in [0.1, 0.15) is 17.1 Å². The van der Waals surface area contributed by atoms with E-state index >= 15 is 0 Å². The molecular formula is C20H18N2O4. The second kappa shape index (κ2) is 6.55. The third kappa shape index (κ3) is 2.90. The molecule has 0 spiro atoms. The van der Waals surface area contributed by atoms with Gasteiger partial charge in [-0.2, -0.15) is 4.98 Å². The molecule has 0 bridgehead atoms. The maximum absolute atomic E-state index is 5.91. The number of aromatic nitrogens is 2. The van der Waals surface area contributed by atoms with Gasteiger partial charge in [-0.1, -0.05) is 23.4 Å². The molecule has 0 unspecified atom stereocenters. The highest BCUT2D eigenvalue weighted by Crippen LogP contribution is 2.34. The average Bonchev–Trinajstić information content (AvgIpc) is 3.27. The standard InChI is InChI=1S/C20H18N2O4/c1-12-16-11-15(23-3)9-10-17(16)25-18(12)19-21-20(26-22-19)13(2)24-14-7-5-4-6-8-14/h4-11,13H,1-3H3/t13-/m1/s1. The van der Waals surface area contributed by atoms with Crippen molar-refractivity contribution in [3.63, 3.8) is 0 Å². The highest BCUT2D eigenvalue weighted by atomic mass is 16.5. The average molecular weight is 350 g/mol. The number of fused-ring (bicyclic) bond motifs is 1. The van der Waals surface area contributed by atoms with Crippen molar-refractivity contribution in [2.45, 2.75) is 20.0 Å². The third-order valence-corrected chi connectivity index (χ3v) is 4.19. The number of rotatable bonds is 5. The van der Waals surface area contributed by atoms with E-state index < -0.39 is 0 Å². The van der Waals surface area contributed by atoms with E-state index in [1.165, 1.54) is 0 Å². The molecule has 0 radical (unpaired) electrons. The molecule has 4 aromatic rings. The molecule has 4 rings (SSSR count). The highest BCUT2D eigenvalue weighted by Gasteiger charge is 2.21. The lowest BCUT2D eigenvalue weighted by Gasteiger charge is -2.09. The molecule has 2 aromatic heterocycles. The van der Waals surface area contributed by atoms with E-state index in [4.69, 9.17) is 18.4 Å². The zero-order valence-electron chi connectivity index (χ0n) is 14.7. The summed E-state index contributed by atoms with van der Waals surface area (Å²) in [5.74, 6) is 2.88. The lowest BCUT2D eigenvalue weighted by atomic mass is 10.1. The van der Waals surface area contributed by atoms with E-state index in [2.05, 4.69) is 10.1 Å². The number of benzene rings is 2. The van der Waals surface area contributed by atoms with E-state index in [0.29, 0.717) is 17.5 Å². The van der Waals surface area contributed by atoms with Gasteiger partial charge in [0, 0.05) is 10.9 Å². The molecule has 0 fully saturated rings. The van der Waals surface area contributed by atoms with Gasteiger partial charge in [0.15, 0.2) is 11.9 Å². The van der Waals surface area contributed by atoms with Gasteiger partial charge in [-0.05, 0) is 44.2 Å². The fourth-order valence-electron chi connectivity index (χ4n) is 2.79. The Bertz CT molecular complexity index is 1040. The molecule has 0 saturated carbocycles. The molecule has 26 heavy (non-hydrogen) atoms. The molecule has 1 atom stereocenters. The first-order valence-corrected chi connectivity index (χ1v) is 8.28. The number of hydrogen-bond acceptors (Lipinski definition) is 6. The molecule has 6 nitrogen and oxygen atoms in total. The van der Waals surface area contributed by atoms with Crippen molar-refractivity contribution < 1.29 is 18.4 Å². The van der Waals surface area contributed by atoms with Gasteiger partial charge in [0.25, 0.3) is 5.89 Å². The predicted molar refractivity (Wildman–Crippen MR) is 96.3 cm³/mol. The summed E-state index contributed by atoms with van der Waals surface area (Å²) >= 11 is 0. The van der Waals surface area contributed by atoms with Crippen LogP contribution < -0.4 is 9.47 Å². The van der Waals surface area contributed by atoms with Crippen LogP contribution in [0.3, 0.4) is 0 Å². The SMILES string of the molecule is COc1ccc2oc(-c3noc([C@@H](C)Oc4ccccc4)n3)c(C)c2c1. The predicted octanol–water partition coefficient (Wildman–Crippen LogP) is 4.94. The van der Waals surface area contributed by atoms with Crippen molar-refractivity contribution >= 4 is 11.0 Å². The van der Waals surface area contributed by atoms with Crippen molar-refractivity contribution in [3.8, 4) is 23.1 Å². The van der Waals surface area contributed by atoms with Crippen LogP contribution >= 0.6 is 0 Å². The lowest BCUT2D eigenvalue weighted by Crippen LogP contribution is -2.03. The minimum atomic E-state index is -0.372. The van der Waals surface area contributed by atoms with Crippen LogP contribution in [-0.4, -0.2) is 17.3 Å². The smallest absolute Gasteiger partial charge is 0.267 e. The van der Waals surface area contributed by atoms with Crippen LogP contribution in [0, 0.1) is 6.92 Å². The highest BCUT2D eigenvalue weighted by molar-refractivity contribution is 5.87. The van der Waals surface area contributed by atoms with Crippen LogP contribution in [-0.2, 0) is 0 Å². The van der Waals surface area contributed by atoms with Gasteiger partial charge < -0.3 is 18.4 Å². The molecule has 2 heterocycles. The largest absolute Gasteiger partial charge is 0.497 e. The Labute approximate surface area is 150 Å². The van der Waals surface area contributed by atoms with E-state index in [-0.39, 0.29) is 6.10 Å². The fraction of sp³-hybridized carbons (Fsp3) is 0.200. The van der Waals surface area contributed by atoms with E-state index in [0.717, 1.165) is 28.0 Å². The van der Waals surface area contributed by atoms with Gasteiger partial charge >= 0.3 is 0 Å². The Hall–Kier alpha value is -3.28. The number of para-hydroxylation sites is 1. The maximum Gasteiger partial charge on any atom is 0.267 e. The van der Waals surface area contributed by atoms with Gasteiger partial charge in [-0.25, -0.2) is 0 Å². The molecule has 0 amide bonds. The molecule has 2 aromatic carbocycles. The summed E-state index contributed by atoms with van der Waals surface area (Å²) in [5.41, 5.74) is 1.68. The summed E-state index contributed by atoms with van der Waals surface area (Å²) in [6, 6.07) is 15.2. The second-order valence-corrected chi connectivity index (χ2v) is 5.95. The number of hydrogen-bond donors (Lipinski definition) is 0. The lowest BCUT2D eigenvalue weighted by molar-refractivity contribution is 0.176. The first-order valence-electron chi connectivity index (χ1n) is 8.28. The van der Waals surface area contributed by atoms with Crippen molar-refractivity contribution in [1.82, 2.24) is 10.1 Å². The van der Waals surface area contributed by atoms with Crippen LogP contribution in [0.15, 0.2) is 57.5 Å². The monoisotopic (exact) mass is 350 g/mol. The Balaban J connectivity index is 1.63. The van der Waals surface area contributed by atoms with E-state index in [1.807, 2.05) is 62.4 Å². The van der Waals surface area contributed by atoms with Crippen LogP contribution in [0.1, 0.15) is 24.5 Å². The number of methoxy groups -OCH3 is 1.